The Morgan fingerprint density at radius 1 is 1.29 bits per heavy atom. The maximum Gasteiger partial charge on any atom is 0.243 e. The molecule has 24 heavy (non-hydrogen) atoms. The summed E-state index contributed by atoms with van der Waals surface area (Å²) in [4.78, 5) is -0.668. The van der Waals surface area contributed by atoms with E-state index in [1.807, 2.05) is 0 Å². The van der Waals surface area contributed by atoms with E-state index in [1.165, 1.54) is 0 Å². The molecule has 0 radical (unpaired) electrons. The third-order valence-corrected chi connectivity index (χ3v) is 5.61. The van der Waals surface area contributed by atoms with Gasteiger partial charge in [-0.3, -0.25) is 0 Å². The lowest BCUT2D eigenvalue weighted by atomic mass is 10.0. The van der Waals surface area contributed by atoms with Crippen molar-refractivity contribution in [1.29, 1.82) is 0 Å². The Balaban J connectivity index is 1.65. The van der Waals surface area contributed by atoms with Crippen LogP contribution in [0.4, 0.5) is 8.78 Å². The van der Waals surface area contributed by atoms with Gasteiger partial charge < -0.3 is 4.42 Å². The van der Waals surface area contributed by atoms with Gasteiger partial charge in [0.25, 0.3) is 0 Å². The predicted octanol–water partition coefficient (Wildman–Crippen LogP) is 2.35. The second kappa shape index (κ2) is 6.56. The van der Waals surface area contributed by atoms with E-state index in [0.29, 0.717) is 37.1 Å². The zero-order valence-electron chi connectivity index (χ0n) is 13.0. The first-order valence-electron chi connectivity index (χ1n) is 7.60. The number of aryl methyl sites for hydroxylation is 1. The molecule has 130 valence electrons. The van der Waals surface area contributed by atoms with Crippen molar-refractivity contribution in [1.82, 2.24) is 14.9 Å². The van der Waals surface area contributed by atoms with E-state index in [-0.39, 0.29) is 12.0 Å². The van der Waals surface area contributed by atoms with E-state index in [9.17, 15) is 17.2 Å². The molecule has 0 saturated heterocycles. The first-order chi connectivity index (χ1) is 11.3. The molecule has 6 nitrogen and oxygen atoms in total. The minimum Gasteiger partial charge on any atom is -0.426 e. The van der Waals surface area contributed by atoms with Crippen molar-refractivity contribution in [3.63, 3.8) is 0 Å². The molecule has 0 spiro atoms. The second-order valence-electron chi connectivity index (χ2n) is 5.99. The molecule has 1 aliphatic rings. The van der Waals surface area contributed by atoms with Gasteiger partial charge in [-0.25, -0.2) is 21.9 Å². The van der Waals surface area contributed by atoms with E-state index in [2.05, 4.69) is 14.9 Å². The van der Waals surface area contributed by atoms with E-state index in [4.69, 9.17) is 4.42 Å². The summed E-state index contributed by atoms with van der Waals surface area (Å²) in [6.07, 6.45) is 2.57. The molecule has 1 aromatic heterocycles. The number of sulfonamides is 1. The normalized spacial score (nSPS) is 21.3. The van der Waals surface area contributed by atoms with Crippen molar-refractivity contribution in [2.24, 2.45) is 5.92 Å². The molecule has 0 amide bonds. The van der Waals surface area contributed by atoms with Crippen molar-refractivity contribution in [3.8, 4) is 0 Å². The number of rotatable bonds is 5. The molecule has 1 aliphatic carbocycles. The molecule has 3 rings (SSSR count). The predicted molar refractivity (Wildman–Crippen MR) is 80.5 cm³/mol. The van der Waals surface area contributed by atoms with Crippen LogP contribution in [0, 0.1) is 24.5 Å². The molecule has 1 fully saturated rings. The molecule has 9 heteroatoms. The average molecular weight is 357 g/mol. The van der Waals surface area contributed by atoms with Gasteiger partial charge in [-0.15, -0.1) is 10.2 Å². The fraction of sp³-hybridized carbons (Fsp3) is 0.467. The van der Waals surface area contributed by atoms with Crippen LogP contribution >= 0.6 is 0 Å². The van der Waals surface area contributed by atoms with Gasteiger partial charge in [0.05, 0.1) is 0 Å². The van der Waals surface area contributed by atoms with E-state index in [0.717, 1.165) is 18.6 Å². The quantitative estimate of drug-likeness (QED) is 0.888. The van der Waals surface area contributed by atoms with Crippen LogP contribution in [0.15, 0.2) is 27.5 Å². The summed E-state index contributed by atoms with van der Waals surface area (Å²) in [7, 11) is -4.11. The van der Waals surface area contributed by atoms with E-state index >= 15 is 0 Å². The van der Waals surface area contributed by atoms with Crippen molar-refractivity contribution < 1.29 is 21.6 Å². The van der Waals surface area contributed by atoms with Crippen molar-refractivity contribution >= 4 is 10.0 Å². The first-order valence-corrected chi connectivity index (χ1v) is 9.08. The largest absolute Gasteiger partial charge is 0.426 e. The Kier molecular flexibility index (Phi) is 4.64. The van der Waals surface area contributed by atoms with Gasteiger partial charge in [0.1, 0.15) is 16.5 Å². The van der Waals surface area contributed by atoms with E-state index in [1.54, 1.807) is 6.92 Å². The number of halogens is 2. The van der Waals surface area contributed by atoms with Crippen LogP contribution in [0.2, 0.25) is 0 Å². The lowest BCUT2D eigenvalue weighted by molar-refractivity contribution is 0.413. The lowest BCUT2D eigenvalue weighted by Gasteiger charge is -2.14. The zero-order chi connectivity index (χ0) is 17.3. The molecule has 0 aliphatic heterocycles. The molecule has 1 saturated carbocycles. The number of aromatic nitrogens is 2. The van der Waals surface area contributed by atoms with Gasteiger partial charge in [-0.05, 0) is 43.4 Å². The van der Waals surface area contributed by atoms with Crippen LogP contribution < -0.4 is 4.72 Å². The number of hydrogen-bond donors (Lipinski definition) is 1. The molecule has 0 bridgehead atoms. The molecular formula is C15H17F2N3O3S. The molecule has 1 heterocycles. The summed E-state index contributed by atoms with van der Waals surface area (Å²) in [6.45, 7) is 1.70. The van der Waals surface area contributed by atoms with Crippen LogP contribution in [-0.2, 0) is 16.4 Å². The SMILES string of the molecule is Cc1nnc(C[C@@H]2CC[C@H](NS(=O)(=O)c3cc(F)ccc3F)C2)o1. The molecule has 1 aromatic carbocycles. The smallest absolute Gasteiger partial charge is 0.243 e. The van der Waals surface area contributed by atoms with Gasteiger partial charge >= 0.3 is 0 Å². The highest BCUT2D eigenvalue weighted by Gasteiger charge is 2.31. The molecule has 0 unspecified atom stereocenters. The average Bonchev–Trinajstić information content (AvgIpc) is 3.10. The third-order valence-electron chi connectivity index (χ3n) is 4.08. The van der Waals surface area contributed by atoms with Crippen LogP contribution in [0.5, 0.6) is 0 Å². The first kappa shape index (κ1) is 17.0. The minimum absolute atomic E-state index is 0.204. The maximum atomic E-state index is 13.7. The summed E-state index contributed by atoms with van der Waals surface area (Å²) >= 11 is 0. The van der Waals surface area contributed by atoms with Gasteiger partial charge in [0, 0.05) is 19.4 Å². The van der Waals surface area contributed by atoms with Crippen molar-refractivity contribution in [2.45, 2.75) is 43.5 Å². The minimum atomic E-state index is -4.11. The van der Waals surface area contributed by atoms with E-state index < -0.39 is 26.6 Å². The third kappa shape index (κ3) is 3.78. The fourth-order valence-electron chi connectivity index (χ4n) is 3.00. The van der Waals surface area contributed by atoms with Crippen LogP contribution in [0.3, 0.4) is 0 Å². The highest BCUT2D eigenvalue weighted by Crippen LogP contribution is 2.29. The number of hydrogen-bond acceptors (Lipinski definition) is 5. The topological polar surface area (TPSA) is 85.1 Å². The monoisotopic (exact) mass is 357 g/mol. The standard InChI is InChI=1S/C15H17F2N3O3S/c1-9-18-19-15(23-9)7-10-2-4-12(6-10)20-24(21,22)14-8-11(16)3-5-13(14)17/h3,5,8,10,12,20H,2,4,6-7H2,1H3/t10-,12+/m1/s1. The number of nitrogens with one attached hydrogen (secondary N) is 1. The van der Waals surface area contributed by atoms with Gasteiger partial charge in [-0.2, -0.15) is 0 Å². The number of nitrogens with zero attached hydrogens (tertiary/aromatic N) is 2. The molecular weight excluding hydrogens is 340 g/mol. The maximum absolute atomic E-state index is 13.7. The number of benzene rings is 1. The lowest BCUT2D eigenvalue weighted by Crippen LogP contribution is -2.33. The Labute approximate surface area is 138 Å². The molecule has 1 N–H and O–H groups in total. The van der Waals surface area contributed by atoms with Crippen molar-refractivity contribution in [3.05, 3.63) is 41.6 Å². The van der Waals surface area contributed by atoms with Gasteiger partial charge in [0.2, 0.25) is 21.8 Å². The van der Waals surface area contributed by atoms with Crippen LogP contribution in [-0.4, -0.2) is 24.7 Å². The summed E-state index contributed by atoms with van der Waals surface area (Å²) in [5.74, 6) is -0.554. The fourth-order valence-corrected chi connectivity index (χ4v) is 4.37. The molecule has 2 atom stereocenters. The Morgan fingerprint density at radius 2 is 2.08 bits per heavy atom. The summed E-state index contributed by atoms with van der Waals surface area (Å²) in [5, 5.41) is 7.69. The van der Waals surface area contributed by atoms with Gasteiger partial charge in [-0.1, -0.05) is 0 Å². The summed E-state index contributed by atoms with van der Waals surface area (Å²) in [6, 6.07) is 2.04. The zero-order valence-corrected chi connectivity index (χ0v) is 13.8. The second-order valence-corrected chi connectivity index (χ2v) is 7.67. The van der Waals surface area contributed by atoms with Gasteiger partial charge in [0.15, 0.2) is 0 Å². The molecule has 2 aromatic rings. The Hall–Kier alpha value is -1.87. The highest BCUT2D eigenvalue weighted by atomic mass is 32.2. The Morgan fingerprint density at radius 3 is 2.79 bits per heavy atom. The summed E-state index contributed by atoms with van der Waals surface area (Å²) in [5.41, 5.74) is 0. The van der Waals surface area contributed by atoms with Crippen LogP contribution in [0.1, 0.15) is 31.0 Å². The van der Waals surface area contributed by atoms with Crippen LogP contribution in [0.25, 0.3) is 0 Å². The van der Waals surface area contributed by atoms with Crippen molar-refractivity contribution in [2.75, 3.05) is 0 Å². The Bertz CT molecular complexity index is 838. The summed E-state index contributed by atoms with van der Waals surface area (Å²) < 4.78 is 59.2. The highest BCUT2D eigenvalue weighted by molar-refractivity contribution is 7.89.